The number of para-hydroxylation sites is 1. The number of thioether (sulfide) groups is 1. The van der Waals surface area contributed by atoms with E-state index in [0.717, 1.165) is 47.6 Å². The monoisotopic (exact) mass is 399 g/mol. The van der Waals surface area contributed by atoms with E-state index in [9.17, 15) is 0 Å². The Hall–Kier alpha value is -2.58. The van der Waals surface area contributed by atoms with Crippen molar-refractivity contribution in [2.75, 3.05) is 26.0 Å². The molecule has 1 heterocycles. The van der Waals surface area contributed by atoms with E-state index in [1.807, 2.05) is 49.4 Å². The van der Waals surface area contributed by atoms with Crippen LogP contribution in [0.1, 0.15) is 18.9 Å². The first-order valence-corrected chi connectivity index (χ1v) is 10.3. The van der Waals surface area contributed by atoms with E-state index in [1.54, 1.807) is 23.6 Å². The average molecular weight is 400 g/mol. The number of benzene rings is 2. The molecular weight excluding hydrogens is 374 g/mol. The second kappa shape index (κ2) is 10.7. The molecule has 0 unspecified atom stereocenters. The summed E-state index contributed by atoms with van der Waals surface area (Å²) in [4.78, 5) is 0. The van der Waals surface area contributed by atoms with Crippen LogP contribution in [-0.2, 0) is 6.54 Å². The van der Waals surface area contributed by atoms with Crippen LogP contribution in [0, 0.1) is 0 Å². The van der Waals surface area contributed by atoms with Crippen LogP contribution in [0.4, 0.5) is 0 Å². The predicted molar refractivity (Wildman–Crippen MR) is 110 cm³/mol. The van der Waals surface area contributed by atoms with E-state index >= 15 is 0 Å². The molecule has 2 aromatic carbocycles. The maximum Gasteiger partial charge on any atom is 0.214 e. The molecule has 28 heavy (non-hydrogen) atoms. The van der Waals surface area contributed by atoms with Gasteiger partial charge < -0.3 is 14.8 Å². The molecule has 0 aliphatic heterocycles. The van der Waals surface area contributed by atoms with Crippen LogP contribution in [0.2, 0.25) is 0 Å². The third-order valence-electron chi connectivity index (χ3n) is 4.03. The fraction of sp³-hybridized carbons (Fsp3) is 0.350. The Labute approximate surface area is 169 Å². The summed E-state index contributed by atoms with van der Waals surface area (Å²) in [7, 11) is 1.65. The van der Waals surface area contributed by atoms with Gasteiger partial charge in [-0.05, 0) is 60.1 Å². The van der Waals surface area contributed by atoms with Crippen molar-refractivity contribution in [2.24, 2.45) is 0 Å². The molecule has 0 amide bonds. The fourth-order valence-corrected chi connectivity index (χ4v) is 3.52. The fourth-order valence-electron chi connectivity index (χ4n) is 2.69. The molecule has 3 rings (SSSR count). The molecule has 3 aromatic rings. The van der Waals surface area contributed by atoms with Gasteiger partial charge in [-0.1, -0.05) is 36.0 Å². The van der Waals surface area contributed by atoms with Crippen molar-refractivity contribution in [2.45, 2.75) is 25.0 Å². The highest BCUT2D eigenvalue weighted by atomic mass is 32.2. The van der Waals surface area contributed by atoms with Gasteiger partial charge in [-0.3, -0.25) is 0 Å². The Morgan fingerprint density at radius 2 is 1.96 bits per heavy atom. The lowest BCUT2D eigenvalue weighted by Gasteiger charge is -2.11. The summed E-state index contributed by atoms with van der Waals surface area (Å²) in [5.74, 6) is 2.48. The maximum atomic E-state index is 5.63. The first kappa shape index (κ1) is 20.2. The zero-order valence-electron chi connectivity index (χ0n) is 16.2. The Bertz CT molecular complexity index is 857. The van der Waals surface area contributed by atoms with Crippen LogP contribution in [-0.4, -0.2) is 46.2 Å². The van der Waals surface area contributed by atoms with Gasteiger partial charge in [-0.15, -0.1) is 5.10 Å². The summed E-state index contributed by atoms with van der Waals surface area (Å²) < 4.78 is 12.7. The summed E-state index contributed by atoms with van der Waals surface area (Å²) >= 11 is 1.66. The van der Waals surface area contributed by atoms with Gasteiger partial charge in [-0.2, -0.15) is 4.68 Å². The van der Waals surface area contributed by atoms with Crippen molar-refractivity contribution < 1.29 is 9.47 Å². The summed E-state index contributed by atoms with van der Waals surface area (Å²) in [5.41, 5.74) is 2.14. The summed E-state index contributed by atoms with van der Waals surface area (Å²) in [6.45, 7) is 4.29. The molecule has 0 bridgehead atoms. The number of aromatic nitrogens is 4. The number of hydrogen-bond acceptors (Lipinski definition) is 7. The lowest BCUT2D eigenvalue weighted by Crippen LogP contribution is -2.15. The molecule has 0 aliphatic rings. The smallest absolute Gasteiger partial charge is 0.214 e. The zero-order valence-corrected chi connectivity index (χ0v) is 17.0. The van der Waals surface area contributed by atoms with Gasteiger partial charge >= 0.3 is 0 Å². The van der Waals surface area contributed by atoms with Crippen LogP contribution in [0.3, 0.4) is 0 Å². The van der Waals surface area contributed by atoms with Gasteiger partial charge in [0.1, 0.15) is 0 Å². The van der Waals surface area contributed by atoms with Crippen molar-refractivity contribution >= 4 is 11.8 Å². The largest absolute Gasteiger partial charge is 0.493 e. The van der Waals surface area contributed by atoms with Gasteiger partial charge in [0.25, 0.3) is 0 Å². The minimum atomic E-state index is 0.618. The highest BCUT2D eigenvalue weighted by molar-refractivity contribution is 7.99. The van der Waals surface area contributed by atoms with Crippen molar-refractivity contribution in [1.29, 1.82) is 0 Å². The number of ether oxygens (including phenoxy) is 2. The van der Waals surface area contributed by atoms with Crippen molar-refractivity contribution in [3.8, 4) is 17.2 Å². The SMILES string of the molecule is CCOc1cc(CNCCCSc2nnnn2-c2ccccc2)ccc1OC. The molecule has 7 nitrogen and oxygen atoms in total. The molecule has 0 saturated carbocycles. The van der Waals surface area contributed by atoms with Crippen LogP contribution in [0.5, 0.6) is 11.5 Å². The van der Waals surface area contributed by atoms with E-state index in [2.05, 4.69) is 26.9 Å². The molecule has 0 spiro atoms. The molecule has 0 atom stereocenters. The minimum Gasteiger partial charge on any atom is -0.493 e. The van der Waals surface area contributed by atoms with Crippen LogP contribution >= 0.6 is 11.8 Å². The van der Waals surface area contributed by atoms with Crippen LogP contribution in [0.25, 0.3) is 5.69 Å². The maximum absolute atomic E-state index is 5.63. The Morgan fingerprint density at radius 3 is 2.75 bits per heavy atom. The predicted octanol–water partition coefficient (Wildman–Crippen LogP) is 3.34. The molecular formula is C20H25N5O2S. The Balaban J connectivity index is 1.42. The van der Waals surface area contributed by atoms with E-state index in [1.165, 1.54) is 5.56 Å². The summed E-state index contributed by atoms with van der Waals surface area (Å²) in [6, 6.07) is 15.9. The first-order chi connectivity index (χ1) is 13.8. The van der Waals surface area contributed by atoms with Crippen molar-refractivity contribution in [3.05, 3.63) is 54.1 Å². The standard InChI is InChI=1S/C20H25N5O2S/c1-3-27-19-14-16(10-11-18(19)26-2)15-21-12-7-13-28-20-22-23-24-25(20)17-8-5-4-6-9-17/h4-6,8-11,14,21H,3,7,12-13,15H2,1-2H3. The van der Waals surface area contributed by atoms with Gasteiger partial charge in [0.05, 0.1) is 19.4 Å². The zero-order chi connectivity index (χ0) is 19.6. The van der Waals surface area contributed by atoms with E-state index in [4.69, 9.17) is 9.47 Å². The topological polar surface area (TPSA) is 74.1 Å². The molecule has 0 aliphatic carbocycles. The van der Waals surface area contributed by atoms with Gasteiger partial charge in [-0.25, -0.2) is 0 Å². The van der Waals surface area contributed by atoms with Gasteiger partial charge in [0.2, 0.25) is 5.16 Å². The van der Waals surface area contributed by atoms with E-state index < -0.39 is 0 Å². The normalized spacial score (nSPS) is 10.8. The second-order valence-corrected chi connectivity index (χ2v) is 7.07. The van der Waals surface area contributed by atoms with Gasteiger partial charge in [0, 0.05) is 12.3 Å². The van der Waals surface area contributed by atoms with Crippen LogP contribution in [0.15, 0.2) is 53.7 Å². The molecule has 0 radical (unpaired) electrons. The van der Waals surface area contributed by atoms with Crippen molar-refractivity contribution in [1.82, 2.24) is 25.5 Å². The number of nitrogens with zero attached hydrogens (tertiary/aromatic N) is 4. The number of tetrazole rings is 1. The Kier molecular flexibility index (Phi) is 7.69. The molecule has 1 N–H and O–H groups in total. The molecule has 0 fully saturated rings. The number of hydrogen-bond donors (Lipinski definition) is 1. The lowest BCUT2D eigenvalue weighted by molar-refractivity contribution is 0.310. The highest BCUT2D eigenvalue weighted by Crippen LogP contribution is 2.28. The Morgan fingerprint density at radius 1 is 1.11 bits per heavy atom. The lowest BCUT2D eigenvalue weighted by atomic mass is 10.2. The second-order valence-electron chi connectivity index (χ2n) is 6.01. The quantitative estimate of drug-likeness (QED) is 0.391. The number of nitrogens with one attached hydrogen (secondary N) is 1. The highest BCUT2D eigenvalue weighted by Gasteiger charge is 2.08. The number of methoxy groups -OCH3 is 1. The molecule has 1 aromatic heterocycles. The molecule has 0 saturated heterocycles. The third-order valence-corrected chi connectivity index (χ3v) is 5.03. The summed E-state index contributed by atoms with van der Waals surface area (Å²) in [6.07, 6.45) is 1.01. The molecule has 8 heteroatoms. The first-order valence-electron chi connectivity index (χ1n) is 9.29. The number of rotatable bonds is 11. The van der Waals surface area contributed by atoms with Crippen molar-refractivity contribution in [3.63, 3.8) is 0 Å². The summed E-state index contributed by atoms with van der Waals surface area (Å²) in [5, 5.41) is 16.3. The van der Waals surface area contributed by atoms with Crippen LogP contribution < -0.4 is 14.8 Å². The third kappa shape index (κ3) is 5.46. The minimum absolute atomic E-state index is 0.618. The van der Waals surface area contributed by atoms with E-state index in [0.29, 0.717) is 6.61 Å². The molecule has 148 valence electrons. The van der Waals surface area contributed by atoms with E-state index in [-0.39, 0.29) is 0 Å². The van der Waals surface area contributed by atoms with Gasteiger partial charge in [0.15, 0.2) is 11.5 Å². The average Bonchev–Trinajstić information content (AvgIpc) is 3.20.